The second-order valence-corrected chi connectivity index (χ2v) is 2.78. The van der Waals surface area contributed by atoms with Crippen LogP contribution in [0.1, 0.15) is 19.8 Å². The largest absolute Gasteiger partial charge is 0.348 e. The summed E-state index contributed by atoms with van der Waals surface area (Å²) in [6.45, 7) is 1.92. The van der Waals surface area contributed by atoms with Gasteiger partial charge in [0.05, 0.1) is 6.20 Å². The van der Waals surface area contributed by atoms with Crippen LogP contribution in [-0.2, 0) is 0 Å². The first-order valence-corrected chi connectivity index (χ1v) is 3.50. The molecule has 0 spiro atoms. The van der Waals surface area contributed by atoms with Crippen molar-refractivity contribution in [1.82, 2.24) is 10.2 Å². The highest BCUT2D eigenvalue weighted by Crippen LogP contribution is 2.31. The Hall–Kier alpha value is -0.990. The second kappa shape index (κ2) is 1.75. The molecule has 0 atom stereocenters. The number of rotatable bonds is 1. The Morgan fingerprint density at radius 3 is 2.80 bits per heavy atom. The Labute approximate surface area is 59.7 Å². The van der Waals surface area contributed by atoms with Gasteiger partial charge in [-0.1, -0.05) is 0 Å². The Morgan fingerprint density at radius 1 is 1.70 bits per heavy atom. The molecular weight excluding hydrogens is 128 g/mol. The van der Waals surface area contributed by atoms with E-state index in [0.717, 1.165) is 18.5 Å². The Kier molecular flexibility index (Phi) is 1.01. The van der Waals surface area contributed by atoms with Crippen LogP contribution in [0.4, 0.5) is 4.79 Å². The van der Waals surface area contributed by atoms with Crippen molar-refractivity contribution in [2.24, 2.45) is 0 Å². The van der Waals surface area contributed by atoms with Gasteiger partial charge in [0.15, 0.2) is 0 Å². The maximum atomic E-state index is 11.0. The fraction of sp³-hybridized carbons (Fsp3) is 0.571. The van der Waals surface area contributed by atoms with Crippen LogP contribution in [0, 0.1) is 0 Å². The molecule has 0 aromatic rings. The van der Waals surface area contributed by atoms with Crippen molar-refractivity contribution in [2.45, 2.75) is 25.8 Å². The summed E-state index contributed by atoms with van der Waals surface area (Å²) in [5.41, 5.74) is 0.993. The molecule has 1 heterocycles. The van der Waals surface area contributed by atoms with Crippen molar-refractivity contribution >= 4 is 6.03 Å². The first-order chi connectivity index (χ1) is 4.79. The van der Waals surface area contributed by atoms with E-state index >= 15 is 0 Å². The normalized spacial score (nSPS) is 24.7. The highest BCUT2D eigenvalue weighted by atomic mass is 16.2. The molecule has 2 rings (SSSR count). The predicted octanol–water partition coefficient (Wildman–Crippen LogP) is 1.05. The zero-order valence-corrected chi connectivity index (χ0v) is 5.87. The number of hydrogen-bond donors (Lipinski definition) is 0. The molecule has 0 aromatic carbocycles. The van der Waals surface area contributed by atoms with Crippen molar-refractivity contribution in [2.75, 3.05) is 0 Å². The monoisotopic (exact) mass is 137 g/mol. The lowest BCUT2D eigenvalue weighted by atomic mass is 10.4. The zero-order valence-electron chi connectivity index (χ0n) is 5.87. The lowest BCUT2D eigenvalue weighted by molar-refractivity contribution is 0.218. The summed E-state index contributed by atoms with van der Waals surface area (Å²) < 4.78 is 0. The summed E-state index contributed by atoms with van der Waals surface area (Å²) >= 11 is 0. The minimum absolute atomic E-state index is 0.0833. The average Bonchev–Trinajstić information content (AvgIpc) is 2.64. The molecule has 1 aliphatic heterocycles. The van der Waals surface area contributed by atoms with E-state index in [2.05, 4.69) is 5.32 Å². The molecule has 0 N–H and O–H groups in total. The van der Waals surface area contributed by atoms with E-state index in [1.165, 1.54) is 0 Å². The molecule has 3 heteroatoms. The SMILES string of the molecule is CC1=C[N]C(=O)N1C1CC1. The summed E-state index contributed by atoms with van der Waals surface area (Å²) in [5, 5.41) is 3.68. The number of amides is 2. The maximum absolute atomic E-state index is 11.0. The van der Waals surface area contributed by atoms with Crippen LogP contribution in [0.5, 0.6) is 0 Å². The molecule has 0 bridgehead atoms. The molecule has 1 saturated carbocycles. The number of carbonyl (C=O) groups is 1. The van der Waals surface area contributed by atoms with Gasteiger partial charge in [-0.25, -0.2) is 4.79 Å². The predicted molar refractivity (Wildman–Crippen MR) is 36.1 cm³/mol. The van der Waals surface area contributed by atoms with Gasteiger partial charge in [0.1, 0.15) is 0 Å². The molecule has 0 unspecified atom stereocenters. The van der Waals surface area contributed by atoms with E-state index < -0.39 is 0 Å². The van der Waals surface area contributed by atoms with Gasteiger partial charge in [-0.3, -0.25) is 4.90 Å². The van der Waals surface area contributed by atoms with Crippen molar-refractivity contribution in [1.29, 1.82) is 0 Å². The molecule has 2 aliphatic rings. The second-order valence-electron chi connectivity index (χ2n) is 2.78. The number of allylic oxidation sites excluding steroid dienone is 1. The zero-order chi connectivity index (χ0) is 7.14. The Morgan fingerprint density at radius 2 is 2.40 bits per heavy atom. The molecule has 10 heavy (non-hydrogen) atoms. The lowest BCUT2D eigenvalue weighted by Gasteiger charge is -2.13. The van der Waals surface area contributed by atoms with Gasteiger partial charge in [0.25, 0.3) is 0 Å². The first-order valence-electron chi connectivity index (χ1n) is 3.50. The first kappa shape index (κ1) is 5.77. The number of urea groups is 1. The van der Waals surface area contributed by atoms with Crippen LogP contribution in [0.3, 0.4) is 0 Å². The van der Waals surface area contributed by atoms with Crippen molar-refractivity contribution in [3.05, 3.63) is 11.9 Å². The molecule has 3 nitrogen and oxygen atoms in total. The molecule has 1 fully saturated rings. The van der Waals surface area contributed by atoms with Crippen LogP contribution in [0.25, 0.3) is 0 Å². The fourth-order valence-electron chi connectivity index (χ4n) is 1.20. The van der Waals surface area contributed by atoms with Crippen LogP contribution in [-0.4, -0.2) is 17.0 Å². The number of nitrogens with zero attached hydrogens (tertiary/aromatic N) is 2. The Balaban J connectivity index is 2.16. The molecule has 0 saturated heterocycles. The van der Waals surface area contributed by atoms with Gasteiger partial charge >= 0.3 is 6.03 Å². The van der Waals surface area contributed by atoms with Crippen molar-refractivity contribution in [3.8, 4) is 0 Å². The highest BCUT2D eigenvalue weighted by molar-refractivity contribution is 5.80. The summed E-state index contributed by atoms with van der Waals surface area (Å²) in [6.07, 6.45) is 3.93. The lowest BCUT2D eigenvalue weighted by Crippen LogP contribution is -2.28. The quantitative estimate of drug-likeness (QED) is 0.532. The Bertz CT molecular complexity index is 206. The van der Waals surface area contributed by atoms with Crippen LogP contribution < -0.4 is 5.32 Å². The minimum Gasteiger partial charge on any atom is -0.292 e. The molecule has 1 radical (unpaired) electrons. The van der Waals surface area contributed by atoms with Gasteiger partial charge in [-0.05, 0) is 19.8 Å². The van der Waals surface area contributed by atoms with Gasteiger partial charge in [-0.15, -0.1) is 0 Å². The van der Waals surface area contributed by atoms with E-state index in [0.29, 0.717) is 6.04 Å². The van der Waals surface area contributed by atoms with Crippen LogP contribution in [0.2, 0.25) is 0 Å². The third kappa shape index (κ3) is 0.701. The van der Waals surface area contributed by atoms with Gasteiger partial charge in [-0.2, -0.15) is 5.32 Å². The smallest absolute Gasteiger partial charge is 0.292 e. The van der Waals surface area contributed by atoms with E-state index in [1.807, 2.05) is 6.92 Å². The van der Waals surface area contributed by atoms with Gasteiger partial charge < -0.3 is 0 Å². The summed E-state index contributed by atoms with van der Waals surface area (Å²) in [7, 11) is 0. The van der Waals surface area contributed by atoms with Crippen molar-refractivity contribution in [3.63, 3.8) is 0 Å². The fourth-order valence-corrected chi connectivity index (χ4v) is 1.20. The average molecular weight is 137 g/mol. The molecule has 53 valence electrons. The van der Waals surface area contributed by atoms with Crippen LogP contribution >= 0.6 is 0 Å². The van der Waals surface area contributed by atoms with Crippen LogP contribution in [0.15, 0.2) is 11.9 Å². The third-order valence-corrected chi connectivity index (χ3v) is 1.86. The van der Waals surface area contributed by atoms with E-state index in [4.69, 9.17) is 0 Å². The molecule has 0 aromatic heterocycles. The topological polar surface area (TPSA) is 34.4 Å². The minimum atomic E-state index is -0.0833. The van der Waals surface area contributed by atoms with Gasteiger partial charge in [0, 0.05) is 11.7 Å². The third-order valence-electron chi connectivity index (χ3n) is 1.86. The van der Waals surface area contributed by atoms with E-state index in [1.54, 1.807) is 11.1 Å². The van der Waals surface area contributed by atoms with Crippen molar-refractivity contribution < 1.29 is 4.79 Å². The van der Waals surface area contributed by atoms with Gasteiger partial charge in [0.2, 0.25) is 0 Å². The standard InChI is InChI=1S/C7H9N2O/c1-5-4-8-7(10)9(5)6-2-3-6/h4,6H,2-3H2,1H3. The molecule has 1 aliphatic carbocycles. The summed E-state index contributed by atoms with van der Waals surface area (Å²) in [5.74, 6) is 0. The summed E-state index contributed by atoms with van der Waals surface area (Å²) in [4.78, 5) is 12.8. The molecular formula is C7H9N2O. The highest BCUT2D eigenvalue weighted by Gasteiger charge is 2.36. The van der Waals surface area contributed by atoms with E-state index in [9.17, 15) is 4.79 Å². The molecule has 2 amide bonds. The number of carbonyl (C=O) groups excluding carboxylic acids is 1. The number of hydrogen-bond acceptors (Lipinski definition) is 1. The maximum Gasteiger partial charge on any atom is 0.348 e. The summed E-state index contributed by atoms with van der Waals surface area (Å²) in [6, 6.07) is 0.384. The van der Waals surface area contributed by atoms with E-state index in [-0.39, 0.29) is 6.03 Å².